The Labute approximate surface area is 151 Å². The van der Waals surface area contributed by atoms with Crippen molar-refractivity contribution in [2.24, 2.45) is 4.99 Å². The highest BCUT2D eigenvalue weighted by atomic mass is 32.2. The largest absolute Gasteiger partial charge is 0.444 e. The number of ether oxygens (including phenoxy) is 1. The second kappa shape index (κ2) is 6.20. The predicted molar refractivity (Wildman–Crippen MR) is 93.6 cm³/mol. The van der Waals surface area contributed by atoms with E-state index in [1.165, 1.54) is 18.2 Å². The van der Waals surface area contributed by atoms with Crippen LogP contribution in [0.4, 0.5) is 9.18 Å². The number of benzene rings is 1. The number of aliphatic imine (C=N–C) groups is 1. The van der Waals surface area contributed by atoms with E-state index >= 15 is 0 Å². The Bertz CT molecular complexity index is 865. The lowest BCUT2D eigenvalue weighted by atomic mass is 9.88. The van der Waals surface area contributed by atoms with Gasteiger partial charge in [-0.25, -0.2) is 22.6 Å². The second-order valence-corrected chi connectivity index (χ2v) is 9.12. The van der Waals surface area contributed by atoms with Gasteiger partial charge in [0.15, 0.2) is 0 Å². The molecule has 0 aromatic heterocycles. The summed E-state index contributed by atoms with van der Waals surface area (Å²) >= 11 is 0. The second-order valence-electron chi connectivity index (χ2n) is 7.26. The van der Waals surface area contributed by atoms with Crippen molar-refractivity contribution in [3.05, 3.63) is 35.6 Å². The fraction of sp³-hybridized carbons (Fsp3) is 0.500. The molecule has 10 heteroatoms. The summed E-state index contributed by atoms with van der Waals surface area (Å²) in [4.78, 5) is 16.4. The van der Waals surface area contributed by atoms with E-state index in [1.807, 2.05) is 0 Å². The summed E-state index contributed by atoms with van der Waals surface area (Å²) in [5, 5.41) is 4.26. The Balaban J connectivity index is 2.03. The van der Waals surface area contributed by atoms with Crippen LogP contribution < -0.4 is 15.4 Å². The van der Waals surface area contributed by atoms with Crippen molar-refractivity contribution in [3.63, 3.8) is 0 Å². The molecule has 0 aliphatic carbocycles. The van der Waals surface area contributed by atoms with Crippen LogP contribution in [0.2, 0.25) is 0 Å². The zero-order valence-corrected chi connectivity index (χ0v) is 15.5. The molecule has 8 nitrogen and oxygen atoms in total. The molecular weight excluding hydrogens is 363 g/mol. The topological polar surface area (TPSA) is 109 Å². The van der Waals surface area contributed by atoms with Crippen LogP contribution in [-0.4, -0.2) is 44.4 Å². The summed E-state index contributed by atoms with van der Waals surface area (Å²) in [6, 6.07) is 5.90. The average molecular weight is 384 g/mol. The molecule has 3 rings (SSSR count). The summed E-state index contributed by atoms with van der Waals surface area (Å²) < 4.78 is 47.2. The third-order valence-electron chi connectivity index (χ3n) is 4.14. The lowest BCUT2D eigenvalue weighted by Gasteiger charge is -2.36. The number of alkyl carbamates (subject to hydrolysis) is 1. The lowest BCUT2D eigenvalue weighted by molar-refractivity contribution is 0.0561. The SMILES string of the molecule is CC(C)(C)OC(=O)NC1=NC2(c3ccccc3F)CNCC2S(=O)(=O)N1. The van der Waals surface area contributed by atoms with Crippen LogP contribution in [0.1, 0.15) is 26.3 Å². The smallest absolute Gasteiger partial charge is 0.414 e. The number of fused-ring (bicyclic) bond motifs is 1. The van der Waals surface area contributed by atoms with Crippen molar-refractivity contribution < 1.29 is 22.3 Å². The van der Waals surface area contributed by atoms with Gasteiger partial charge in [0.25, 0.3) is 0 Å². The molecule has 1 saturated heterocycles. The number of guanidine groups is 1. The Morgan fingerprint density at radius 3 is 2.73 bits per heavy atom. The molecule has 1 amide bonds. The van der Waals surface area contributed by atoms with Crippen molar-refractivity contribution in [3.8, 4) is 0 Å². The van der Waals surface area contributed by atoms with Gasteiger partial charge < -0.3 is 10.1 Å². The molecule has 1 fully saturated rings. The van der Waals surface area contributed by atoms with Crippen LogP contribution in [0.5, 0.6) is 0 Å². The molecular formula is C16H21FN4O4S. The molecule has 1 aromatic rings. The number of hydrogen-bond acceptors (Lipinski definition) is 6. The molecule has 0 radical (unpaired) electrons. The number of sulfonamides is 1. The van der Waals surface area contributed by atoms with Crippen LogP contribution in [0.25, 0.3) is 0 Å². The predicted octanol–water partition coefficient (Wildman–Crippen LogP) is 0.806. The third kappa shape index (κ3) is 3.38. The molecule has 26 heavy (non-hydrogen) atoms. The highest BCUT2D eigenvalue weighted by Gasteiger charge is 2.55. The van der Waals surface area contributed by atoms with Crippen molar-refractivity contribution in [1.82, 2.24) is 15.4 Å². The summed E-state index contributed by atoms with van der Waals surface area (Å²) in [6.45, 7) is 5.28. The molecule has 1 aromatic carbocycles. The third-order valence-corrected chi connectivity index (χ3v) is 5.92. The maximum Gasteiger partial charge on any atom is 0.414 e. The number of hydrogen-bond donors (Lipinski definition) is 3. The van der Waals surface area contributed by atoms with Crippen LogP contribution >= 0.6 is 0 Å². The minimum absolute atomic E-state index is 0.118. The van der Waals surface area contributed by atoms with Crippen LogP contribution in [-0.2, 0) is 20.3 Å². The van der Waals surface area contributed by atoms with Crippen molar-refractivity contribution in [2.75, 3.05) is 13.1 Å². The Morgan fingerprint density at radius 1 is 1.38 bits per heavy atom. The number of amides is 1. The molecule has 0 saturated carbocycles. The zero-order chi connectivity index (χ0) is 19.2. The van der Waals surface area contributed by atoms with Gasteiger partial charge in [0.05, 0.1) is 0 Å². The molecule has 2 aliphatic rings. The van der Waals surface area contributed by atoms with E-state index in [0.29, 0.717) is 0 Å². The Morgan fingerprint density at radius 2 is 2.08 bits per heavy atom. The molecule has 0 spiro atoms. The molecule has 2 heterocycles. The van der Waals surface area contributed by atoms with Gasteiger partial charge >= 0.3 is 6.09 Å². The number of carbonyl (C=O) groups excluding carboxylic acids is 1. The quantitative estimate of drug-likeness (QED) is 0.664. The average Bonchev–Trinajstić information content (AvgIpc) is 2.90. The number of carbonyl (C=O) groups is 1. The summed E-state index contributed by atoms with van der Waals surface area (Å²) in [5.41, 5.74) is -1.98. The lowest BCUT2D eigenvalue weighted by Crippen LogP contribution is -2.58. The molecule has 2 aliphatic heterocycles. The van der Waals surface area contributed by atoms with Crippen LogP contribution in [0, 0.1) is 5.82 Å². The maximum atomic E-state index is 14.4. The maximum absolute atomic E-state index is 14.4. The Hall–Kier alpha value is -2.20. The number of halogens is 1. The normalized spacial score (nSPS) is 27.1. The minimum Gasteiger partial charge on any atom is -0.444 e. The monoisotopic (exact) mass is 384 g/mol. The zero-order valence-electron chi connectivity index (χ0n) is 14.7. The van der Waals surface area contributed by atoms with Gasteiger partial charge in [0.2, 0.25) is 16.0 Å². The van der Waals surface area contributed by atoms with E-state index in [1.54, 1.807) is 26.8 Å². The van der Waals surface area contributed by atoms with E-state index in [9.17, 15) is 17.6 Å². The summed E-state index contributed by atoms with van der Waals surface area (Å²) in [5.74, 6) is -0.846. The Kier molecular flexibility index (Phi) is 4.43. The molecule has 0 bridgehead atoms. The number of nitrogens with zero attached hydrogens (tertiary/aromatic N) is 1. The van der Waals surface area contributed by atoms with Crippen LogP contribution in [0.15, 0.2) is 29.3 Å². The minimum atomic E-state index is -3.90. The van der Waals surface area contributed by atoms with Crippen LogP contribution in [0.3, 0.4) is 0 Å². The van der Waals surface area contributed by atoms with Gasteiger partial charge in [0, 0.05) is 18.7 Å². The molecule has 2 unspecified atom stereocenters. The molecule has 2 atom stereocenters. The van der Waals surface area contributed by atoms with Gasteiger partial charge in [-0.15, -0.1) is 0 Å². The first-order valence-electron chi connectivity index (χ1n) is 8.11. The van der Waals surface area contributed by atoms with Crippen molar-refractivity contribution >= 4 is 22.1 Å². The van der Waals surface area contributed by atoms with Gasteiger partial charge in [-0.05, 0) is 26.8 Å². The molecule has 3 N–H and O–H groups in total. The fourth-order valence-electron chi connectivity index (χ4n) is 3.18. The van der Waals surface area contributed by atoms with E-state index in [0.717, 1.165) is 0 Å². The molecule has 142 valence electrons. The first-order valence-corrected chi connectivity index (χ1v) is 9.65. The summed E-state index contributed by atoms with van der Waals surface area (Å²) in [7, 11) is -3.90. The highest BCUT2D eigenvalue weighted by Crippen LogP contribution is 2.39. The van der Waals surface area contributed by atoms with Crippen molar-refractivity contribution in [2.45, 2.75) is 37.2 Å². The van der Waals surface area contributed by atoms with Crippen molar-refractivity contribution in [1.29, 1.82) is 0 Å². The first-order chi connectivity index (χ1) is 12.0. The van der Waals surface area contributed by atoms with E-state index in [4.69, 9.17) is 4.74 Å². The number of nitrogens with one attached hydrogen (secondary N) is 3. The van der Waals surface area contributed by atoms with Gasteiger partial charge in [-0.1, -0.05) is 18.2 Å². The van der Waals surface area contributed by atoms with Gasteiger partial charge in [0.1, 0.15) is 22.2 Å². The van der Waals surface area contributed by atoms with E-state index in [-0.39, 0.29) is 24.6 Å². The highest BCUT2D eigenvalue weighted by molar-refractivity contribution is 7.90. The number of rotatable bonds is 1. The van der Waals surface area contributed by atoms with Gasteiger partial charge in [-0.3, -0.25) is 10.0 Å². The fourth-order valence-corrected chi connectivity index (χ4v) is 4.80. The standard InChI is InChI=1S/C16H21FN4O4S/c1-15(2,3)25-14(22)19-13-20-16(10-6-4-5-7-11(10)17)9-18-8-12(16)26(23,24)21-13/h4-7,12,18H,8-9H2,1-3H3,(H2,19,20,21,22). The van der Waals surface area contributed by atoms with Gasteiger partial charge in [-0.2, -0.15) is 0 Å². The first kappa shape index (κ1) is 18.6. The van der Waals surface area contributed by atoms with E-state index < -0.39 is 38.3 Å². The summed E-state index contributed by atoms with van der Waals surface area (Å²) in [6.07, 6.45) is -0.855. The van der Waals surface area contributed by atoms with E-state index in [2.05, 4.69) is 20.3 Å².